The van der Waals surface area contributed by atoms with Crippen LogP contribution in [-0.2, 0) is 13.0 Å². The van der Waals surface area contributed by atoms with E-state index in [0.29, 0.717) is 27.6 Å². The first-order chi connectivity index (χ1) is 16.8. The van der Waals surface area contributed by atoms with E-state index in [-0.39, 0.29) is 28.5 Å². The smallest absolute Gasteiger partial charge is 0.313 e. The van der Waals surface area contributed by atoms with Crippen molar-refractivity contribution in [2.75, 3.05) is 0 Å². The maximum absolute atomic E-state index is 14.1. The summed E-state index contributed by atoms with van der Waals surface area (Å²) in [6.45, 7) is 1.56. The lowest BCUT2D eigenvalue weighted by Crippen LogP contribution is -2.22. The Kier molecular flexibility index (Phi) is 7.23. The van der Waals surface area contributed by atoms with Crippen molar-refractivity contribution >= 4 is 50.3 Å². The van der Waals surface area contributed by atoms with E-state index in [1.807, 2.05) is 6.92 Å². The monoisotopic (exact) mass is 558 g/mol. The molecule has 0 unspecified atom stereocenters. The zero-order chi connectivity index (χ0) is 25.1. The molecule has 4 rings (SSSR count). The minimum atomic E-state index is -0.654. The maximum atomic E-state index is 14.1. The molecule has 0 N–H and O–H groups in total. The van der Waals surface area contributed by atoms with Gasteiger partial charge in [0.25, 0.3) is 5.56 Å². The first-order valence-electron chi connectivity index (χ1n) is 10.4. The van der Waals surface area contributed by atoms with Crippen molar-refractivity contribution in [3.8, 4) is 5.75 Å². The van der Waals surface area contributed by atoms with Crippen LogP contribution in [0.5, 0.6) is 5.75 Å². The van der Waals surface area contributed by atoms with Gasteiger partial charge in [-0.3, -0.25) is 14.9 Å². The number of benzene rings is 3. The van der Waals surface area contributed by atoms with Crippen LogP contribution in [-0.4, -0.2) is 20.8 Å². The van der Waals surface area contributed by atoms with Crippen LogP contribution >= 0.6 is 27.5 Å². The average molecular weight is 560 g/mol. The van der Waals surface area contributed by atoms with E-state index in [1.54, 1.807) is 24.3 Å². The molecular formula is C24H17BrClFN4O4. The van der Waals surface area contributed by atoms with Crippen molar-refractivity contribution in [3.05, 3.63) is 107 Å². The molecule has 0 fully saturated rings. The van der Waals surface area contributed by atoms with Gasteiger partial charge in [-0.15, -0.1) is 0 Å². The third-order valence-corrected chi connectivity index (χ3v) is 5.80. The molecule has 0 aliphatic carbocycles. The summed E-state index contributed by atoms with van der Waals surface area (Å²) in [6, 6.07) is 13.6. The van der Waals surface area contributed by atoms with Crippen molar-refractivity contribution < 1.29 is 14.1 Å². The van der Waals surface area contributed by atoms with Crippen molar-refractivity contribution in [3.63, 3.8) is 0 Å². The lowest BCUT2D eigenvalue weighted by atomic mass is 10.1. The van der Waals surface area contributed by atoms with E-state index in [1.165, 1.54) is 30.5 Å². The molecule has 0 atom stereocenters. The fourth-order valence-electron chi connectivity index (χ4n) is 3.42. The zero-order valence-electron chi connectivity index (χ0n) is 18.2. The van der Waals surface area contributed by atoms with Crippen LogP contribution in [0.3, 0.4) is 0 Å². The first kappa shape index (κ1) is 24.5. The molecule has 8 nitrogen and oxygen atoms in total. The third kappa shape index (κ3) is 5.23. The number of halogens is 3. The van der Waals surface area contributed by atoms with Crippen LogP contribution in [0.25, 0.3) is 10.9 Å². The van der Waals surface area contributed by atoms with E-state index in [0.717, 1.165) is 10.7 Å². The molecule has 0 bridgehead atoms. The lowest BCUT2D eigenvalue weighted by molar-refractivity contribution is -0.385. The topological polar surface area (TPSA) is 99.6 Å². The Labute approximate surface area is 211 Å². The summed E-state index contributed by atoms with van der Waals surface area (Å²) in [6.07, 6.45) is 1.65. The highest BCUT2D eigenvalue weighted by Gasteiger charge is 2.21. The summed E-state index contributed by atoms with van der Waals surface area (Å²) >= 11 is 9.45. The van der Waals surface area contributed by atoms with Gasteiger partial charge < -0.3 is 4.74 Å². The highest BCUT2D eigenvalue weighted by Crippen LogP contribution is 2.34. The zero-order valence-corrected chi connectivity index (χ0v) is 20.6. The number of fused-ring (bicyclic) bond motifs is 1. The number of nitrogens with zero attached hydrogens (tertiary/aromatic N) is 4. The van der Waals surface area contributed by atoms with Crippen molar-refractivity contribution in [2.45, 2.75) is 20.0 Å². The molecule has 3 aromatic carbocycles. The molecular weight excluding hydrogens is 543 g/mol. The van der Waals surface area contributed by atoms with Crippen LogP contribution < -0.4 is 10.3 Å². The molecule has 178 valence electrons. The van der Waals surface area contributed by atoms with E-state index in [9.17, 15) is 19.3 Å². The van der Waals surface area contributed by atoms with Crippen LogP contribution in [0, 0.1) is 15.9 Å². The van der Waals surface area contributed by atoms with Gasteiger partial charge in [-0.25, -0.2) is 9.37 Å². The minimum Gasteiger partial charge on any atom is -0.481 e. The van der Waals surface area contributed by atoms with Crippen LogP contribution in [0.2, 0.25) is 5.02 Å². The van der Waals surface area contributed by atoms with Crippen molar-refractivity contribution in [1.29, 1.82) is 0 Å². The third-order valence-electron chi connectivity index (χ3n) is 5.09. The summed E-state index contributed by atoms with van der Waals surface area (Å²) in [5.74, 6) is -0.271. The Morgan fingerprint density at radius 3 is 2.74 bits per heavy atom. The normalized spacial score (nSPS) is 11.3. The number of aromatic nitrogens is 2. The van der Waals surface area contributed by atoms with Gasteiger partial charge in [0.2, 0.25) is 5.75 Å². The summed E-state index contributed by atoms with van der Waals surface area (Å²) in [4.78, 5) is 28.7. The van der Waals surface area contributed by atoms with E-state index < -0.39 is 22.0 Å². The summed E-state index contributed by atoms with van der Waals surface area (Å²) in [7, 11) is 0. The molecule has 11 heteroatoms. The van der Waals surface area contributed by atoms with Gasteiger partial charge in [0.1, 0.15) is 18.2 Å². The Morgan fingerprint density at radius 1 is 1.26 bits per heavy atom. The van der Waals surface area contributed by atoms with Crippen LogP contribution in [0.4, 0.5) is 10.1 Å². The van der Waals surface area contributed by atoms with Crippen LogP contribution in [0.1, 0.15) is 23.9 Å². The first-order valence-corrected chi connectivity index (χ1v) is 11.5. The number of hydrogen-bond acceptors (Lipinski definition) is 6. The second-order valence-corrected chi connectivity index (χ2v) is 8.74. The number of hydrogen-bond donors (Lipinski definition) is 0. The predicted molar refractivity (Wildman–Crippen MR) is 135 cm³/mol. The van der Waals surface area contributed by atoms with Crippen LogP contribution in [0.15, 0.2) is 69.0 Å². The molecule has 0 saturated heterocycles. The second-order valence-electron chi connectivity index (χ2n) is 7.39. The molecule has 0 aliphatic heterocycles. The quantitative estimate of drug-likeness (QED) is 0.160. The van der Waals surface area contributed by atoms with E-state index >= 15 is 0 Å². The standard InChI is InChI=1S/C24H17BrClFN4O4/c1-2-22-29-20-8-7-16(25)10-18(20)24(32)30(22)28-12-15-9-17(26)11-21(31(33)34)23(15)35-13-14-5-3-4-6-19(14)27/h3-12H,2,13H2,1H3. The second kappa shape index (κ2) is 10.3. The SMILES string of the molecule is CCc1nc2ccc(Br)cc2c(=O)n1N=Cc1cc(Cl)cc([N+](=O)[O-])c1OCc1ccccc1F. The van der Waals surface area contributed by atoms with Gasteiger partial charge in [-0.1, -0.05) is 52.7 Å². The van der Waals surface area contributed by atoms with Gasteiger partial charge in [-0.05, 0) is 30.3 Å². The number of aryl methyl sites for hydroxylation is 1. The van der Waals surface area contributed by atoms with E-state index in [4.69, 9.17) is 16.3 Å². The summed E-state index contributed by atoms with van der Waals surface area (Å²) in [5.41, 5.74) is 0.0553. The predicted octanol–water partition coefficient (Wildman–Crippen LogP) is 5.88. The minimum absolute atomic E-state index is 0.0695. The Hall–Kier alpha value is -3.63. The Balaban J connectivity index is 1.81. The molecule has 4 aromatic rings. The molecule has 35 heavy (non-hydrogen) atoms. The number of nitro benzene ring substituents is 1. The number of nitro groups is 1. The highest BCUT2D eigenvalue weighted by atomic mass is 79.9. The summed E-state index contributed by atoms with van der Waals surface area (Å²) < 4.78 is 21.6. The van der Waals surface area contributed by atoms with Crippen molar-refractivity contribution in [2.24, 2.45) is 5.10 Å². The van der Waals surface area contributed by atoms with Gasteiger partial charge in [0.05, 0.1) is 22.0 Å². The Morgan fingerprint density at radius 2 is 2.03 bits per heavy atom. The van der Waals surface area contributed by atoms with Gasteiger partial charge in [-0.2, -0.15) is 9.78 Å². The van der Waals surface area contributed by atoms with E-state index in [2.05, 4.69) is 26.0 Å². The average Bonchev–Trinajstić information content (AvgIpc) is 2.83. The largest absolute Gasteiger partial charge is 0.481 e. The fraction of sp³-hybridized carbons (Fsp3) is 0.125. The Bertz CT molecular complexity index is 1540. The van der Waals surface area contributed by atoms with Gasteiger partial charge >= 0.3 is 5.69 Å². The lowest BCUT2D eigenvalue weighted by Gasteiger charge is -2.11. The molecule has 0 amide bonds. The highest BCUT2D eigenvalue weighted by molar-refractivity contribution is 9.10. The fourth-order valence-corrected chi connectivity index (χ4v) is 4.00. The number of ether oxygens (including phenoxy) is 1. The molecule has 0 aliphatic rings. The van der Waals surface area contributed by atoms with Gasteiger partial charge in [0.15, 0.2) is 0 Å². The molecule has 1 heterocycles. The maximum Gasteiger partial charge on any atom is 0.313 e. The molecule has 0 saturated carbocycles. The molecule has 0 spiro atoms. The molecule has 1 aromatic heterocycles. The van der Waals surface area contributed by atoms with Gasteiger partial charge in [0, 0.05) is 33.1 Å². The molecule has 0 radical (unpaired) electrons. The summed E-state index contributed by atoms with van der Waals surface area (Å²) in [5, 5.41) is 16.4. The van der Waals surface area contributed by atoms with Crippen molar-refractivity contribution in [1.82, 2.24) is 9.66 Å². The number of rotatable bonds is 7.